The fraction of sp³-hybridized carbons (Fsp3) is 0.600. The molecule has 0 aliphatic carbocycles. The van der Waals surface area contributed by atoms with Crippen LogP contribution in [0.5, 0.6) is 5.75 Å². The van der Waals surface area contributed by atoms with E-state index in [1.165, 1.54) is 18.3 Å². The number of carbonyl (C=O) groups excluding carboxylic acids is 1. The number of nitrogens with one attached hydrogen (secondary N) is 1. The molecule has 0 radical (unpaired) electrons. The Morgan fingerprint density at radius 1 is 1.52 bits per heavy atom. The van der Waals surface area contributed by atoms with Crippen LogP contribution in [0.3, 0.4) is 0 Å². The van der Waals surface area contributed by atoms with Crippen molar-refractivity contribution in [3.8, 4) is 5.75 Å². The van der Waals surface area contributed by atoms with E-state index in [0.717, 1.165) is 19.4 Å². The number of carbonyl (C=O) groups is 1. The first-order valence-electron chi connectivity index (χ1n) is 7.49. The first kappa shape index (κ1) is 17.5. The van der Waals surface area contributed by atoms with Crippen molar-refractivity contribution in [3.05, 3.63) is 24.0 Å². The Labute approximate surface area is 132 Å². The summed E-state index contributed by atoms with van der Waals surface area (Å²) in [6.45, 7) is 0.494. The minimum absolute atomic E-state index is 0.0677. The van der Waals surface area contributed by atoms with Crippen LogP contribution in [0.2, 0.25) is 0 Å². The zero-order chi connectivity index (χ0) is 16.9. The van der Waals surface area contributed by atoms with Crippen molar-refractivity contribution in [2.45, 2.75) is 19.0 Å². The molecule has 1 saturated heterocycles. The van der Waals surface area contributed by atoms with Crippen LogP contribution >= 0.6 is 0 Å². The van der Waals surface area contributed by atoms with Crippen LogP contribution in [0.25, 0.3) is 0 Å². The van der Waals surface area contributed by atoms with Crippen LogP contribution in [0, 0.1) is 5.92 Å². The van der Waals surface area contributed by atoms with Crippen molar-refractivity contribution in [3.63, 3.8) is 0 Å². The normalized spacial score (nSPS) is 18.8. The average molecular weight is 331 g/mol. The Hall–Kier alpha value is -1.83. The molecule has 23 heavy (non-hydrogen) atoms. The summed E-state index contributed by atoms with van der Waals surface area (Å²) >= 11 is 0. The Kier molecular flexibility index (Phi) is 5.81. The number of likely N-dealkylation sites (tertiary alicyclic amines) is 1. The number of piperidine rings is 1. The Morgan fingerprint density at radius 3 is 3.00 bits per heavy atom. The van der Waals surface area contributed by atoms with Gasteiger partial charge in [-0.2, -0.15) is 13.2 Å². The van der Waals surface area contributed by atoms with Gasteiger partial charge in [0, 0.05) is 19.3 Å². The highest BCUT2D eigenvalue weighted by Gasteiger charge is 2.31. The molecule has 2 heterocycles. The zero-order valence-electron chi connectivity index (χ0n) is 12.9. The average Bonchev–Trinajstić information content (AvgIpc) is 2.52. The van der Waals surface area contributed by atoms with E-state index in [1.54, 1.807) is 4.90 Å². The summed E-state index contributed by atoms with van der Waals surface area (Å²) in [5.74, 6) is -0.185. The maximum absolute atomic E-state index is 12.6. The maximum Gasteiger partial charge on any atom is 0.422 e. The van der Waals surface area contributed by atoms with Gasteiger partial charge >= 0.3 is 6.18 Å². The third-order valence-electron chi connectivity index (χ3n) is 3.66. The van der Waals surface area contributed by atoms with Crippen LogP contribution in [-0.4, -0.2) is 55.3 Å². The summed E-state index contributed by atoms with van der Waals surface area (Å²) in [7, 11) is 1.85. The lowest BCUT2D eigenvalue weighted by molar-refractivity contribution is -0.153. The van der Waals surface area contributed by atoms with Crippen molar-refractivity contribution in [1.82, 2.24) is 15.2 Å². The summed E-state index contributed by atoms with van der Waals surface area (Å²) in [5, 5.41) is 3.08. The van der Waals surface area contributed by atoms with E-state index in [4.69, 9.17) is 4.74 Å². The van der Waals surface area contributed by atoms with Crippen molar-refractivity contribution in [2.75, 3.05) is 33.3 Å². The van der Waals surface area contributed by atoms with Crippen LogP contribution in [0.1, 0.15) is 23.3 Å². The van der Waals surface area contributed by atoms with Crippen molar-refractivity contribution in [2.24, 2.45) is 5.92 Å². The lowest BCUT2D eigenvalue weighted by atomic mass is 9.97. The predicted molar refractivity (Wildman–Crippen MR) is 78.3 cm³/mol. The summed E-state index contributed by atoms with van der Waals surface area (Å²) in [5.41, 5.74) is -0.0677. The Balaban J connectivity index is 2.09. The largest absolute Gasteiger partial charge is 0.482 e. The molecule has 0 spiro atoms. The minimum atomic E-state index is -4.46. The van der Waals surface area contributed by atoms with Gasteiger partial charge in [-0.15, -0.1) is 0 Å². The third-order valence-corrected chi connectivity index (χ3v) is 3.66. The van der Waals surface area contributed by atoms with E-state index in [1.807, 2.05) is 7.05 Å². The smallest absolute Gasteiger partial charge is 0.422 e. The van der Waals surface area contributed by atoms with Gasteiger partial charge in [0.25, 0.3) is 5.91 Å². The van der Waals surface area contributed by atoms with Gasteiger partial charge in [-0.05, 0) is 44.5 Å². The van der Waals surface area contributed by atoms with Crippen molar-refractivity contribution < 1.29 is 22.7 Å². The van der Waals surface area contributed by atoms with Gasteiger partial charge < -0.3 is 15.0 Å². The second-order valence-corrected chi connectivity index (χ2v) is 5.57. The third kappa shape index (κ3) is 5.09. The number of alkyl halides is 3. The molecule has 0 saturated carbocycles. The fourth-order valence-electron chi connectivity index (χ4n) is 2.68. The van der Waals surface area contributed by atoms with E-state index < -0.39 is 12.8 Å². The highest BCUT2D eigenvalue weighted by atomic mass is 19.4. The van der Waals surface area contributed by atoms with Gasteiger partial charge in [0.2, 0.25) is 0 Å². The Morgan fingerprint density at radius 2 is 2.30 bits per heavy atom. The van der Waals surface area contributed by atoms with Crippen molar-refractivity contribution >= 4 is 5.91 Å². The molecule has 1 fully saturated rings. The Bertz CT molecular complexity index is 535. The molecule has 1 atom stereocenters. The second kappa shape index (κ2) is 7.63. The molecule has 1 aromatic heterocycles. The molecular weight excluding hydrogens is 311 g/mol. The zero-order valence-corrected chi connectivity index (χ0v) is 12.9. The molecule has 1 N–H and O–H groups in total. The van der Waals surface area contributed by atoms with Crippen LogP contribution in [0.15, 0.2) is 18.3 Å². The van der Waals surface area contributed by atoms with Gasteiger partial charge in [0.1, 0.15) is 0 Å². The summed E-state index contributed by atoms with van der Waals surface area (Å²) in [6.07, 6.45) is -1.20. The number of hydrogen-bond acceptors (Lipinski definition) is 4. The molecule has 0 bridgehead atoms. The minimum Gasteiger partial charge on any atom is -0.482 e. The summed E-state index contributed by atoms with van der Waals surface area (Å²) in [6, 6.07) is 2.78. The van der Waals surface area contributed by atoms with E-state index in [9.17, 15) is 18.0 Å². The lowest BCUT2D eigenvalue weighted by Crippen LogP contribution is -2.42. The summed E-state index contributed by atoms with van der Waals surface area (Å²) in [4.78, 5) is 18.1. The first-order chi connectivity index (χ1) is 10.9. The number of rotatable bonds is 5. The number of nitrogens with zero attached hydrogens (tertiary/aromatic N) is 2. The van der Waals surface area contributed by atoms with Gasteiger partial charge in [0.15, 0.2) is 18.1 Å². The van der Waals surface area contributed by atoms with Gasteiger partial charge in [-0.25, -0.2) is 4.98 Å². The first-order valence-corrected chi connectivity index (χ1v) is 7.49. The SMILES string of the molecule is CNCC1CCCN(C(=O)c2ncccc2OCC(F)(F)F)C1. The topological polar surface area (TPSA) is 54.5 Å². The molecule has 5 nitrogen and oxygen atoms in total. The number of halogens is 3. The van der Waals surface area contributed by atoms with Crippen LogP contribution < -0.4 is 10.1 Å². The molecule has 0 aromatic carbocycles. The molecule has 128 valence electrons. The monoisotopic (exact) mass is 331 g/mol. The standard InChI is InChI=1S/C15H20F3N3O2/c1-19-8-11-4-3-7-21(9-11)14(22)13-12(5-2-6-20-13)23-10-15(16,17)18/h2,5-6,11,19H,3-4,7-10H2,1H3. The van der Waals surface area contributed by atoms with Gasteiger partial charge in [-0.1, -0.05) is 0 Å². The quantitative estimate of drug-likeness (QED) is 0.898. The highest BCUT2D eigenvalue weighted by molar-refractivity contribution is 5.95. The van der Waals surface area contributed by atoms with Gasteiger partial charge in [-0.3, -0.25) is 4.79 Å². The van der Waals surface area contributed by atoms with Crippen LogP contribution in [0.4, 0.5) is 13.2 Å². The molecule has 2 rings (SSSR count). The van der Waals surface area contributed by atoms with E-state index in [0.29, 0.717) is 19.0 Å². The molecule has 1 aliphatic heterocycles. The molecule has 8 heteroatoms. The number of aromatic nitrogens is 1. The number of pyridine rings is 1. The van der Waals surface area contributed by atoms with Crippen molar-refractivity contribution in [1.29, 1.82) is 0 Å². The van der Waals surface area contributed by atoms with E-state index in [-0.39, 0.29) is 17.4 Å². The summed E-state index contributed by atoms with van der Waals surface area (Å²) < 4.78 is 41.7. The maximum atomic E-state index is 12.6. The fourth-order valence-corrected chi connectivity index (χ4v) is 2.68. The number of amides is 1. The van der Waals surface area contributed by atoms with Crippen LogP contribution in [-0.2, 0) is 0 Å². The second-order valence-electron chi connectivity index (χ2n) is 5.57. The molecule has 1 aromatic rings. The van der Waals surface area contributed by atoms with Gasteiger partial charge in [0.05, 0.1) is 0 Å². The molecule has 1 unspecified atom stereocenters. The van der Waals surface area contributed by atoms with E-state index >= 15 is 0 Å². The molecule has 1 amide bonds. The molecule has 1 aliphatic rings. The lowest BCUT2D eigenvalue weighted by Gasteiger charge is -2.32. The number of ether oxygens (including phenoxy) is 1. The van der Waals surface area contributed by atoms with E-state index in [2.05, 4.69) is 10.3 Å². The predicted octanol–water partition coefficient (Wildman–Crippen LogP) is 2.09. The highest BCUT2D eigenvalue weighted by Crippen LogP contribution is 2.24. The number of hydrogen-bond donors (Lipinski definition) is 1. The molecular formula is C15H20F3N3O2.